The molecule has 10 nitrogen and oxygen atoms in total. The van der Waals surface area contributed by atoms with Crippen LogP contribution in [0.1, 0.15) is 37.8 Å². The van der Waals surface area contributed by atoms with Crippen LogP contribution in [0.15, 0.2) is 34.5 Å². The molecular weight excluding hydrogens is 398 g/mol. The van der Waals surface area contributed by atoms with E-state index >= 15 is 0 Å². The van der Waals surface area contributed by atoms with Gasteiger partial charge in [0.15, 0.2) is 5.84 Å². The number of hydrogen-bond acceptors (Lipinski definition) is 8. The van der Waals surface area contributed by atoms with E-state index in [-0.39, 0.29) is 19.0 Å². The van der Waals surface area contributed by atoms with Gasteiger partial charge in [-0.1, -0.05) is 32.0 Å². The van der Waals surface area contributed by atoms with Crippen molar-refractivity contribution in [1.29, 1.82) is 0 Å². The molecule has 10 heteroatoms. The van der Waals surface area contributed by atoms with Crippen LogP contribution >= 0.6 is 0 Å². The SMILES string of the molecule is CCCN(CCN(CCC)CC(=O)NCc1cccc(C2=NNC=NN2)c1)CC(=O)O. The van der Waals surface area contributed by atoms with Gasteiger partial charge in [0.25, 0.3) is 0 Å². The maximum atomic E-state index is 12.5. The Morgan fingerprint density at radius 3 is 2.39 bits per heavy atom. The first kappa shape index (κ1) is 24.3. The number of hydrogen-bond donors (Lipinski definition) is 4. The number of carboxylic acid groups (broad SMARTS) is 1. The van der Waals surface area contributed by atoms with Gasteiger partial charge in [0.05, 0.1) is 13.1 Å². The molecule has 0 saturated carbocycles. The van der Waals surface area contributed by atoms with E-state index in [9.17, 15) is 9.59 Å². The van der Waals surface area contributed by atoms with E-state index in [4.69, 9.17) is 5.11 Å². The van der Waals surface area contributed by atoms with Gasteiger partial charge >= 0.3 is 5.97 Å². The molecule has 31 heavy (non-hydrogen) atoms. The molecule has 0 aromatic heterocycles. The Kier molecular flexibility index (Phi) is 10.5. The molecule has 2 rings (SSSR count). The molecule has 4 N–H and O–H groups in total. The van der Waals surface area contributed by atoms with Crippen LogP contribution in [-0.4, -0.2) is 78.2 Å². The van der Waals surface area contributed by atoms with Crippen molar-refractivity contribution in [2.45, 2.75) is 33.2 Å². The van der Waals surface area contributed by atoms with Gasteiger partial charge in [-0.15, -0.1) is 0 Å². The van der Waals surface area contributed by atoms with Crippen molar-refractivity contribution < 1.29 is 14.7 Å². The standard InChI is InChI=1S/C21H33N7O3/c1-3-8-27(10-11-28(9-4-2)15-20(30)31)14-19(29)22-13-17-6-5-7-18(12-17)21-25-23-16-24-26-21/h5-7,12,16H,3-4,8-11,13-15H2,1-2H3,(H,22,29)(H,23,24)(H,25,26)(H,30,31). The van der Waals surface area contributed by atoms with Gasteiger partial charge < -0.3 is 10.4 Å². The van der Waals surface area contributed by atoms with Crippen LogP contribution in [-0.2, 0) is 16.1 Å². The van der Waals surface area contributed by atoms with E-state index in [0.717, 1.165) is 37.1 Å². The number of nitrogens with one attached hydrogen (secondary N) is 3. The maximum Gasteiger partial charge on any atom is 0.317 e. The van der Waals surface area contributed by atoms with Gasteiger partial charge in [-0.25, -0.2) is 0 Å². The lowest BCUT2D eigenvalue weighted by Crippen LogP contribution is -2.42. The molecule has 170 valence electrons. The van der Waals surface area contributed by atoms with Crippen molar-refractivity contribution in [3.63, 3.8) is 0 Å². The number of benzene rings is 1. The van der Waals surface area contributed by atoms with Crippen molar-refractivity contribution in [2.24, 2.45) is 10.2 Å². The highest BCUT2D eigenvalue weighted by Gasteiger charge is 2.14. The summed E-state index contributed by atoms with van der Waals surface area (Å²) < 4.78 is 0. The second-order valence-electron chi connectivity index (χ2n) is 7.38. The minimum Gasteiger partial charge on any atom is -0.480 e. The third-order valence-electron chi connectivity index (χ3n) is 4.70. The van der Waals surface area contributed by atoms with E-state index < -0.39 is 5.97 Å². The predicted octanol–water partition coefficient (Wildman–Crippen LogP) is 0.609. The summed E-state index contributed by atoms with van der Waals surface area (Å²) in [6.07, 6.45) is 3.28. The zero-order chi connectivity index (χ0) is 22.5. The Bertz CT molecular complexity index is 782. The fourth-order valence-electron chi connectivity index (χ4n) is 3.30. The average Bonchev–Trinajstić information content (AvgIpc) is 2.77. The molecule has 0 saturated heterocycles. The van der Waals surface area contributed by atoms with Crippen molar-refractivity contribution in [3.05, 3.63) is 35.4 Å². The smallest absolute Gasteiger partial charge is 0.317 e. The van der Waals surface area contributed by atoms with Crippen molar-refractivity contribution in [2.75, 3.05) is 39.3 Å². The van der Waals surface area contributed by atoms with Crippen molar-refractivity contribution in [3.8, 4) is 0 Å². The lowest BCUT2D eigenvalue weighted by molar-refractivity contribution is -0.138. The summed E-state index contributed by atoms with van der Waals surface area (Å²) in [6, 6.07) is 7.73. The van der Waals surface area contributed by atoms with Crippen LogP contribution in [0, 0.1) is 0 Å². The van der Waals surface area contributed by atoms with Crippen LogP contribution < -0.4 is 16.2 Å². The minimum atomic E-state index is -0.826. The first-order chi connectivity index (χ1) is 15.0. The van der Waals surface area contributed by atoms with Crippen LogP contribution in [0.2, 0.25) is 0 Å². The number of carboxylic acids is 1. The van der Waals surface area contributed by atoms with E-state index in [1.165, 1.54) is 6.34 Å². The number of rotatable bonds is 14. The van der Waals surface area contributed by atoms with Crippen molar-refractivity contribution >= 4 is 24.1 Å². The summed E-state index contributed by atoms with van der Waals surface area (Å²) in [5.74, 6) is -0.270. The van der Waals surface area contributed by atoms with Gasteiger partial charge in [0, 0.05) is 25.2 Å². The molecule has 1 aliphatic heterocycles. The third-order valence-corrected chi connectivity index (χ3v) is 4.70. The topological polar surface area (TPSA) is 122 Å². The Morgan fingerprint density at radius 2 is 1.77 bits per heavy atom. The number of hydrazone groups is 2. The summed E-state index contributed by atoms with van der Waals surface area (Å²) in [7, 11) is 0. The number of aliphatic carboxylic acids is 1. The maximum absolute atomic E-state index is 12.5. The fraction of sp³-hybridized carbons (Fsp3) is 0.524. The summed E-state index contributed by atoms with van der Waals surface area (Å²) >= 11 is 0. The van der Waals surface area contributed by atoms with Crippen molar-refractivity contribution in [1.82, 2.24) is 26.0 Å². The van der Waals surface area contributed by atoms with Crippen LogP contribution in [0.4, 0.5) is 0 Å². The highest BCUT2D eigenvalue weighted by Crippen LogP contribution is 2.06. The normalized spacial score (nSPS) is 13.0. The fourth-order valence-corrected chi connectivity index (χ4v) is 3.30. The van der Waals surface area contributed by atoms with Gasteiger partial charge in [0.2, 0.25) is 5.91 Å². The monoisotopic (exact) mass is 431 g/mol. The Labute approximate surface area is 183 Å². The summed E-state index contributed by atoms with van der Waals surface area (Å²) in [6.45, 7) is 7.62. The van der Waals surface area contributed by atoms with E-state index in [0.29, 0.717) is 25.5 Å². The molecule has 1 aromatic carbocycles. The second-order valence-corrected chi connectivity index (χ2v) is 7.38. The first-order valence-corrected chi connectivity index (χ1v) is 10.6. The second kappa shape index (κ2) is 13.3. The van der Waals surface area contributed by atoms with E-state index in [1.807, 2.05) is 36.1 Å². The number of nitrogens with zero attached hydrogens (tertiary/aromatic N) is 4. The van der Waals surface area contributed by atoms with E-state index in [1.54, 1.807) is 0 Å². The Balaban J connectivity index is 1.84. The highest BCUT2D eigenvalue weighted by molar-refractivity contribution is 5.99. The van der Waals surface area contributed by atoms with Crippen LogP contribution in [0.5, 0.6) is 0 Å². The summed E-state index contributed by atoms with van der Waals surface area (Å²) in [5, 5.41) is 20.1. The molecule has 0 aliphatic carbocycles. The van der Waals surface area contributed by atoms with Gasteiger partial charge in [-0.05, 0) is 37.6 Å². The quantitative estimate of drug-likeness (QED) is 0.340. The van der Waals surface area contributed by atoms with E-state index in [2.05, 4.69) is 38.2 Å². The molecule has 0 unspecified atom stereocenters. The molecule has 1 amide bonds. The van der Waals surface area contributed by atoms with Gasteiger partial charge in [0.1, 0.15) is 6.34 Å². The molecule has 1 heterocycles. The molecule has 0 radical (unpaired) electrons. The van der Waals surface area contributed by atoms with Gasteiger partial charge in [-0.2, -0.15) is 10.2 Å². The van der Waals surface area contributed by atoms with Crippen LogP contribution in [0.25, 0.3) is 0 Å². The largest absolute Gasteiger partial charge is 0.480 e. The Hall–Kier alpha value is -2.98. The zero-order valence-corrected chi connectivity index (χ0v) is 18.3. The molecule has 1 aliphatic rings. The first-order valence-electron chi connectivity index (χ1n) is 10.6. The predicted molar refractivity (Wildman–Crippen MR) is 121 cm³/mol. The number of amides is 1. The Morgan fingerprint density at radius 1 is 1.06 bits per heavy atom. The van der Waals surface area contributed by atoms with Crippen LogP contribution in [0.3, 0.4) is 0 Å². The third kappa shape index (κ3) is 9.14. The lowest BCUT2D eigenvalue weighted by Gasteiger charge is -2.26. The molecule has 1 aromatic rings. The number of amidine groups is 1. The summed E-state index contributed by atoms with van der Waals surface area (Å²) in [5.41, 5.74) is 7.36. The number of carbonyl (C=O) groups excluding carboxylic acids is 1. The average molecular weight is 432 g/mol. The molecule has 0 bridgehead atoms. The molecule has 0 fully saturated rings. The molecular formula is C21H33N7O3. The minimum absolute atomic E-state index is 0.0251. The molecule has 0 spiro atoms. The summed E-state index contributed by atoms with van der Waals surface area (Å²) in [4.78, 5) is 27.5. The number of carbonyl (C=O) groups is 2. The zero-order valence-electron chi connectivity index (χ0n) is 18.3. The lowest BCUT2D eigenvalue weighted by atomic mass is 10.1. The highest BCUT2D eigenvalue weighted by atomic mass is 16.4. The van der Waals surface area contributed by atoms with Gasteiger partial charge in [-0.3, -0.25) is 30.2 Å². The molecule has 0 atom stereocenters.